The van der Waals surface area contributed by atoms with Crippen molar-refractivity contribution in [1.29, 1.82) is 0 Å². The molecule has 0 aromatic carbocycles. The van der Waals surface area contributed by atoms with Crippen molar-refractivity contribution in [2.75, 3.05) is 18.5 Å². The number of hydrogen-bond acceptors (Lipinski definition) is 1. The van der Waals surface area contributed by atoms with Crippen LogP contribution >= 0.6 is 7.26 Å². The number of rotatable bonds is 18. The summed E-state index contributed by atoms with van der Waals surface area (Å²) in [5.74, 6) is 0.0396. The summed E-state index contributed by atoms with van der Waals surface area (Å²) < 4.78 is 0. The largest absolute Gasteiger partial charge is 1.00 e. The second-order valence-corrected chi connectivity index (χ2v) is 12.2. The van der Waals surface area contributed by atoms with Crippen LogP contribution in [0.4, 0.5) is 0 Å². The van der Waals surface area contributed by atoms with Crippen molar-refractivity contribution in [3.8, 4) is 0 Å². The van der Waals surface area contributed by atoms with Crippen LogP contribution in [0.1, 0.15) is 118 Å². The first-order valence-electron chi connectivity index (χ1n) is 11.2. The highest BCUT2D eigenvalue weighted by atomic mass is 79.9. The van der Waals surface area contributed by atoms with Gasteiger partial charge in [0.25, 0.3) is 0 Å². The Balaban J connectivity index is 0. The zero-order valence-corrected chi connectivity index (χ0v) is 20.4. The summed E-state index contributed by atoms with van der Waals surface area (Å²) in [6.07, 6.45) is 22.4. The molecule has 0 aliphatic rings. The Labute approximate surface area is 171 Å². The van der Waals surface area contributed by atoms with Crippen LogP contribution in [-0.2, 0) is 0 Å². The Morgan fingerprint density at radius 1 is 0.560 bits per heavy atom. The topological polar surface area (TPSA) is 20.2 Å². The smallest absolute Gasteiger partial charge is 0.164 e. The van der Waals surface area contributed by atoms with Gasteiger partial charge in [-0.1, -0.05) is 85.5 Å². The van der Waals surface area contributed by atoms with Gasteiger partial charge in [0, 0.05) is 13.7 Å². The van der Waals surface area contributed by atoms with Crippen molar-refractivity contribution in [2.24, 2.45) is 0 Å². The van der Waals surface area contributed by atoms with Gasteiger partial charge >= 0.3 is 0 Å². The third kappa shape index (κ3) is 13.7. The Bertz CT molecular complexity index is 239. The molecule has 0 saturated carbocycles. The Kier molecular flexibility index (Phi) is 22.0. The van der Waals surface area contributed by atoms with Gasteiger partial charge in [-0.2, -0.15) is 0 Å². The molecular weight excluding hydrogens is 391 g/mol. The fourth-order valence-corrected chi connectivity index (χ4v) is 8.89. The normalized spacial score (nSPS) is 12.8. The Morgan fingerprint density at radius 3 is 1.32 bits per heavy atom. The van der Waals surface area contributed by atoms with Gasteiger partial charge in [-0.3, -0.25) is 0 Å². The van der Waals surface area contributed by atoms with Crippen LogP contribution in [0.2, 0.25) is 0 Å². The fourth-order valence-electron chi connectivity index (χ4n) is 3.76. The molecule has 1 unspecified atom stereocenters. The molecule has 0 heterocycles. The van der Waals surface area contributed by atoms with Crippen molar-refractivity contribution in [2.45, 2.75) is 123 Å². The quantitative estimate of drug-likeness (QED) is 0.239. The van der Waals surface area contributed by atoms with Crippen molar-refractivity contribution in [3.05, 3.63) is 0 Å². The van der Waals surface area contributed by atoms with E-state index >= 15 is 0 Å². The lowest BCUT2D eigenvalue weighted by Crippen LogP contribution is -3.00. The molecule has 0 radical (unpaired) electrons. The zero-order chi connectivity index (χ0) is 18.1. The molecule has 0 aromatic rings. The van der Waals surface area contributed by atoms with Gasteiger partial charge in [0.05, 0.1) is 18.5 Å². The second-order valence-electron chi connectivity index (χ2n) is 7.84. The van der Waals surface area contributed by atoms with Crippen LogP contribution in [0, 0.1) is 0 Å². The SMILES string of the molecule is CCCCCCCCCC(O)[P+](CCCC)(CCCC)CCCC.[Br-]. The van der Waals surface area contributed by atoms with Crippen LogP contribution in [-0.4, -0.2) is 29.4 Å². The van der Waals surface area contributed by atoms with E-state index in [0.717, 1.165) is 6.42 Å². The van der Waals surface area contributed by atoms with Crippen molar-refractivity contribution in [1.82, 2.24) is 0 Å². The molecule has 0 aliphatic heterocycles. The summed E-state index contributed by atoms with van der Waals surface area (Å²) in [7, 11) is -1.15. The first kappa shape index (κ1) is 28.1. The van der Waals surface area contributed by atoms with Crippen molar-refractivity contribution in [3.63, 3.8) is 0 Å². The molecule has 3 heteroatoms. The maximum atomic E-state index is 11.1. The summed E-state index contributed by atoms with van der Waals surface area (Å²) in [5.41, 5.74) is 0. The van der Waals surface area contributed by atoms with Gasteiger partial charge in [-0.05, 0) is 25.7 Å². The standard InChI is InChI=1S/C22H48OP.BrH/c1-5-9-13-14-15-16-17-18-22(23)24(19-10-6-2,20-11-7-3)21-12-8-4;/h22-23H,5-21H2,1-4H3;1H/q+1;/p-1. The van der Waals surface area contributed by atoms with Gasteiger partial charge < -0.3 is 22.1 Å². The van der Waals surface area contributed by atoms with E-state index in [4.69, 9.17) is 0 Å². The number of unbranched alkanes of at least 4 members (excludes halogenated alkanes) is 9. The number of aliphatic hydroxyl groups is 1. The molecule has 154 valence electrons. The van der Waals surface area contributed by atoms with Gasteiger partial charge in [0.1, 0.15) is 0 Å². The lowest BCUT2D eigenvalue weighted by Gasteiger charge is -2.32. The predicted molar refractivity (Wildman–Crippen MR) is 115 cm³/mol. The maximum Gasteiger partial charge on any atom is 0.164 e. The van der Waals surface area contributed by atoms with Crippen molar-refractivity contribution < 1.29 is 22.1 Å². The van der Waals surface area contributed by atoms with E-state index in [1.165, 1.54) is 102 Å². The highest BCUT2D eigenvalue weighted by molar-refractivity contribution is 7.76. The van der Waals surface area contributed by atoms with E-state index in [1.807, 2.05) is 0 Å². The first-order chi connectivity index (χ1) is 11.7. The van der Waals surface area contributed by atoms with Gasteiger partial charge in [-0.25, -0.2) is 0 Å². The summed E-state index contributed by atoms with van der Waals surface area (Å²) >= 11 is 0. The van der Waals surface area contributed by atoms with Crippen LogP contribution in [0.3, 0.4) is 0 Å². The molecule has 0 bridgehead atoms. The summed E-state index contributed by atoms with van der Waals surface area (Å²) in [6.45, 7) is 9.19. The van der Waals surface area contributed by atoms with E-state index in [-0.39, 0.29) is 22.8 Å². The molecule has 0 rings (SSSR count). The highest BCUT2D eigenvalue weighted by Crippen LogP contribution is 2.65. The third-order valence-electron chi connectivity index (χ3n) is 5.57. The maximum absolute atomic E-state index is 11.1. The predicted octanol–water partition coefficient (Wildman–Crippen LogP) is 4.87. The van der Waals surface area contributed by atoms with Gasteiger partial charge in [0.15, 0.2) is 5.85 Å². The average Bonchev–Trinajstić information content (AvgIpc) is 2.60. The lowest BCUT2D eigenvalue weighted by atomic mass is 10.1. The molecule has 0 aliphatic carbocycles. The van der Waals surface area contributed by atoms with Crippen LogP contribution in [0.15, 0.2) is 0 Å². The minimum atomic E-state index is -1.15. The minimum Gasteiger partial charge on any atom is -1.00 e. The third-order valence-corrected chi connectivity index (χ3v) is 10.7. The average molecular weight is 440 g/mol. The Morgan fingerprint density at radius 2 is 0.920 bits per heavy atom. The summed E-state index contributed by atoms with van der Waals surface area (Å²) in [6, 6.07) is 0. The molecular formula is C22H48BrOP. The molecule has 25 heavy (non-hydrogen) atoms. The van der Waals surface area contributed by atoms with E-state index < -0.39 is 7.26 Å². The number of hydrogen-bond donors (Lipinski definition) is 1. The first-order valence-corrected chi connectivity index (χ1v) is 13.6. The van der Waals surface area contributed by atoms with Crippen LogP contribution in [0.5, 0.6) is 0 Å². The highest BCUT2D eigenvalue weighted by Gasteiger charge is 2.42. The van der Waals surface area contributed by atoms with Crippen LogP contribution in [0.25, 0.3) is 0 Å². The van der Waals surface area contributed by atoms with E-state index in [9.17, 15) is 5.11 Å². The van der Waals surface area contributed by atoms with E-state index in [2.05, 4.69) is 27.7 Å². The molecule has 1 N–H and O–H groups in total. The van der Waals surface area contributed by atoms with Gasteiger partial charge in [-0.15, -0.1) is 0 Å². The fraction of sp³-hybridized carbons (Fsp3) is 1.00. The molecule has 1 nitrogen and oxygen atoms in total. The van der Waals surface area contributed by atoms with Crippen LogP contribution < -0.4 is 17.0 Å². The molecule has 0 saturated heterocycles. The summed E-state index contributed by atoms with van der Waals surface area (Å²) in [5, 5.41) is 11.1. The minimum absolute atomic E-state index is 0. The van der Waals surface area contributed by atoms with Crippen molar-refractivity contribution >= 4 is 7.26 Å². The lowest BCUT2D eigenvalue weighted by molar-refractivity contribution is -0.00000674. The Hall–Kier alpha value is 0.870. The van der Waals surface area contributed by atoms with Gasteiger partial charge in [0.2, 0.25) is 0 Å². The second kappa shape index (κ2) is 19.6. The molecule has 0 fully saturated rings. The number of halogens is 1. The molecule has 1 atom stereocenters. The molecule has 0 spiro atoms. The van der Waals surface area contributed by atoms with E-state index in [1.54, 1.807) is 0 Å². The molecule has 0 aromatic heterocycles. The molecule has 0 amide bonds. The number of aliphatic hydroxyl groups excluding tert-OH is 1. The zero-order valence-electron chi connectivity index (χ0n) is 17.9. The monoisotopic (exact) mass is 438 g/mol. The van der Waals surface area contributed by atoms with E-state index in [0.29, 0.717) is 0 Å². The summed E-state index contributed by atoms with van der Waals surface area (Å²) in [4.78, 5) is 0.